The van der Waals surface area contributed by atoms with Crippen molar-refractivity contribution in [2.75, 3.05) is 0 Å². The van der Waals surface area contributed by atoms with Crippen molar-refractivity contribution < 1.29 is 0 Å². The Morgan fingerprint density at radius 1 is 1.00 bits per heavy atom. The van der Waals surface area contributed by atoms with Crippen LogP contribution in [0, 0.1) is 13.8 Å². The Balaban J connectivity index is 2.13. The molecule has 1 aromatic heterocycles. The van der Waals surface area contributed by atoms with Gasteiger partial charge in [0.25, 0.3) is 0 Å². The molecule has 96 valence electrons. The van der Waals surface area contributed by atoms with Crippen LogP contribution in [0.1, 0.15) is 26.9 Å². The van der Waals surface area contributed by atoms with Crippen molar-refractivity contribution in [3.63, 3.8) is 0 Å². The van der Waals surface area contributed by atoms with Crippen molar-refractivity contribution in [1.82, 2.24) is 0 Å². The second kappa shape index (κ2) is 4.80. The largest absolute Gasteiger partial charge is 0.320 e. The molecule has 0 bridgehead atoms. The van der Waals surface area contributed by atoms with E-state index in [9.17, 15) is 0 Å². The fourth-order valence-electron chi connectivity index (χ4n) is 2.43. The van der Waals surface area contributed by atoms with Crippen LogP contribution in [0.3, 0.4) is 0 Å². The smallest absolute Gasteiger partial charge is 0.0652 e. The van der Waals surface area contributed by atoms with Gasteiger partial charge in [-0.05, 0) is 41.8 Å². The van der Waals surface area contributed by atoms with E-state index >= 15 is 0 Å². The highest BCUT2D eigenvalue weighted by Crippen LogP contribution is 2.32. The monoisotopic (exact) mass is 267 g/mol. The molecule has 1 heterocycles. The van der Waals surface area contributed by atoms with E-state index in [1.165, 1.54) is 31.7 Å². The topological polar surface area (TPSA) is 26.0 Å². The summed E-state index contributed by atoms with van der Waals surface area (Å²) in [6, 6.07) is 17.0. The average molecular weight is 267 g/mol. The Kier molecular flexibility index (Phi) is 3.13. The van der Waals surface area contributed by atoms with Crippen molar-refractivity contribution in [2.45, 2.75) is 19.9 Å². The Bertz CT molecular complexity index is 702. The van der Waals surface area contributed by atoms with Gasteiger partial charge >= 0.3 is 0 Å². The highest BCUT2D eigenvalue weighted by atomic mass is 32.1. The predicted molar refractivity (Wildman–Crippen MR) is 83.8 cm³/mol. The second-order valence-electron chi connectivity index (χ2n) is 4.93. The van der Waals surface area contributed by atoms with Gasteiger partial charge in [0.15, 0.2) is 0 Å². The molecule has 0 amide bonds. The summed E-state index contributed by atoms with van der Waals surface area (Å²) < 4.78 is 0. The number of fused-ring (bicyclic) bond motifs is 1. The average Bonchev–Trinajstić information content (AvgIpc) is 2.77. The lowest BCUT2D eigenvalue weighted by Crippen LogP contribution is -2.10. The molecule has 0 saturated carbocycles. The maximum absolute atomic E-state index is 6.48. The van der Waals surface area contributed by atoms with E-state index in [1.54, 1.807) is 11.3 Å². The van der Waals surface area contributed by atoms with Crippen LogP contribution in [-0.4, -0.2) is 0 Å². The van der Waals surface area contributed by atoms with E-state index in [-0.39, 0.29) is 6.04 Å². The SMILES string of the molecule is Cc1cc(C(N)c2cccc3ccccc23)sc1C. The minimum Gasteiger partial charge on any atom is -0.320 e. The van der Waals surface area contributed by atoms with E-state index in [4.69, 9.17) is 5.73 Å². The third-order valence-corrected chi connectivity index (χ3v) is 4.89. The van der Waals surface area contributed by atoms with Gasteiger partial charge in [-0.2, -0.15) is 0 Å². The zero-order chi connectivity index (χ0) is 13.4. The molecule has 0 aliphatic heterocycles. The number of hydrogen-bond donors (Lipinski definition) is 1. The van der Waals surface area contributed by atoms with Crippen LogP contribution in [-0.2, 0) is 0 Å². The van der Waals surface area contributed by atoms with E-state index in [1.807, 2.05) is 0 Å². The van der Waals surface area contributed by atoms with Crippen LogP contribution < -0.4 is 5.73 Å². The molecule has 0 saturated heterocycles. The number of thiophene rings is 1. The third-order valence-electron chi connectivity index (χ3n) is 3.65. The summed E-state index contributed by atoms with van der Waals surface area (Å²) in [5.41, 5.74) is 9.01. The molecule has 0 radical (unpaired) electrons. The first-order valence-electron chi connectivity index (χ1n) is 6.47. The van der Waals surface area contributed by atoms with Gasteiger partial charge in [-0.3, -0.25) is 0 Å². The lowest BCUT2D eigenvalue weighted by Gasteiger charge is -2.13. The summed E-state index contributed by atoms with van der Waals surface area (Å²) in [7, 11) is 0. The van der Waals surface area contributed by atoms with Crippen molar-refractivity contribution in [1.29, 1.82) is 0 Å². The van der Waals surface area contributed by atoms with E-state index in [2.05, 4.69) is 62.4 Å². The molecule has 0 aliphatic carbocycles. The molecule has 19 heavy (non-hydrogen) atoms. The Morgan fingerprint density at radius 3 is 2.47 bits per heavy atom. The minimum absolute atomic E-state index is 0.0384. The number of benzene rings is 2. The highest BCUT2D eigenvalue weighted by molar-refractivity contribution is 7.12. The van der Waals surface area contributed by atoms with Crippen LogP contribution in [0.5, 0.6) is 0 Å². The fraction of sp³-hybridized carbons (Fsp3) is 0.176. The number of rotatable bonds is 2. The van der Waals surface area contributed by atoms with Gasteiger partial charge in [-0.1, -0.05) is 42.5 Å². The molecule has 1 nitrogen and oxygen atoms in total. The number of hydrogen-bond acceptors (Lipinski definition) is 2. The first kappa shape index (κ1) is 12.4. The Morgan fingerprint density at radius 2 is 1.74 bits per heavy atom. The molecule has 3 aromatic rings. The van der Waals surface area contributed by atoms with Gasteiger partial charge in [-0.15, -0.1) is 11.3 Å². The minimum atomic E-state index is -0.0384. The predicted octanol–water partition coefficient (Wildman–Crippen LogP) is 4.57. The van der Waals surface area contributed by atoms with Crippen LogP contribution in [0.2, 0.25) is 0 Å². The number of nitrogens with two attached hydrogens (primary N) is 1. The normalized spacial score (nSPS) is 12.8. The quantitative estimate of drug-likeness (QED) is 0.723. The molecule has 3 rings (SSSR count). The van der Waals surface area contributed by atoms with Crippen LogP contribution >= 0.6 is 11.3 Å². The molecule has 0 aliphatic rings. The molecular weight excluding hydrogens is 250 g/mol. The lowest BCUT2D eigenvalue weighted by molar-refractivity contribution is 0.902. The Hall–Kier alpha value is -1.64. The Labute approximate surface area is 117 Å². The first-order chi connectivity index (χ1) is 9.16. The van der Waals surface area contributed by atoms with E-state index in [0.29, 0.717) is 0 Å². The summed E-state index contributed by atoms with van der Waals surface area (Å²) in [6.45, 7) is 4.30. The van der Waals surface area contributed by atoms with Crippen molar-refractivity contribution >= 4 is 22.1 Å². The second-order valence-corrected chi connectivity index (χ2v) is 6.22. The summed E-state index contributed by atoms with van der Waals surface area (Å²) in [5.74, 6) is 0. The zero-order valence-corrected chi connectivity index (χ0v) is 12.0. The maximum Gasteiger partial charge on any atom is 0.0652 e. The van der Waals surface area contributed by atoms with Crippen LogP contribution in [0.4, 0.5) is 0 Å². The van der Waals surface area contributed by atoms with Gasteiger partial charge in [0, 0.05) is 9.75 Å². The standard InChI is InChI=1S/C17H17NS/c1-11-10-16(19-12(11)2)17(18)15-9-5-7-13-6-3-4-8-14(13)15/h3-10,17H,18H2,1-2H3. The lowest BCUT2D eigenvalue weighted by atomic mass is 9.98. The molecule has 2 aromatic carbocycles. The van der Waals surface area contributed by atoms with Crippen molar-refractivity contribution in [3.8, 4) is 0 Å². The van der Waals surface area contributed by atoms with Gasteiger partial charge < -0.3 is 5.73 Å². The van der Waals surface area contributed by atoms with Gasteiger partial charge in [-0.25, -0.2) is 0 Å². The van der Waals surface area contributed by atoms with Gasteiger partial charge in [0.05, 0.1) is 6.04 Å². The van der Waals surface area contributed by atoms with Crippen molar-refractivity contribution in [2.24, 2.45) is 5.73 Å². The van der Waals surface area contributed by atoms with Crippen LogP contribution in [0.25, 0.3) is 10.8 Å². The van der Waals surface area contributed by atoms with E-state index < -0.39 is 0 Å². The highest BCUT2D eigenvalue weighted by Gasteiger charge is 2.14. The summed E-state index contributed by atoms with van der Waals surface area (Å²) in [5, 5.41) is 2.50. The van der Waals surface area contributed by atoms with Gasteiger partial charge in [0.1, 0.15) is 0 Å². The molecule has 1 unspecified atom stereocenters. The van der Waals surface area contributed by atoms with Crippen LogP contribution in [0.15, 0.2) is 48.5 Å². The summed E-state index contributed by atoms with van der Waals surface area (Å²) >= 11 is 1.80. The summed E-state index contributed by atoms with van der Waals surface area (Å²) in [4.78, 5) is 2.59. The van der Waals surface area contributed by atoms with E-state index in [0.717, 1.165) is 0 Å². The molecule has 0 spiro atoms. The maximum atomic E-state index is 6.48. The molecule has 2 N–H and O–H groups in total. The van der Waals surface area contributed by atoms with Crippen molar-refractivity contribution in [3.05, 3.63) is 69.4 Å². The molecule has 1 atom stereocenters. The van der Waals surface area contributed by atoms with Gasteiger partial charge in [0.2, 0.25) is 0 Å². The molecule has 0 fully saturated rings. The first-order valence-corrected chi connectivity index (χ1v) is 7.28. The summed E-state index contributed by atoms with van der Waals surface area (Å²) in [6.07, 6.45) is 0. The third kappa shape index (κ3) is 2.18. The zero-order valence-electron chi connectivity index (χ0n) is 11.2. The number of aryl methyl sites for hydroxylation is 2. The fourth-order valence-corrected chi connectivity index (χ4v) is 3.49. The molecular formula is C17H17NS. The molecule has 2 heteroatoms.